The van der Waals surface area contributed by atoms with Crippen molar-refractivity contribution in [1.29, 1.82) is 0 Å². The van der Waals surface area contributed by atoms with Crippen LogP contribution >= 0.6 is 11.8 Å². The summed E-state index contributed by atoms with van der Waals surface area (Å²) in [6.45, 7) is 3.15. The van der Waals surface area contributed by atoms with Crippen molar-refractivity contribution in [2.24, 2.45) is 0 Å². The molecule has 92 valence electrons. The first kappa shape index (κ1) is 12.3. The van der Waals surface area contributed by atoms with Gasteiger partial charge in [-0.05, 0) is 43.7 Å². The average molecular weight is 251 g/mol. The summed E-state index contributed by atoms with van der Waals surface area (Å²) in [5, 5.41) is 12.2. The van der Waals surface area contributed by atoms with Crippen LogP contribution in [0.3, 0.4) is 0 Å². The molecule has 3 nitrogen and oxygen atoms in total. The molecule has 1 aliphatic rings. The second-order valence-corrected chi connectivity index (χ2v) is 6.32. The van der Waals surface area contributed by atoms with Crippen molar-refractivity contribution >= 4 is 23.4 Å². The molecule has 1 atom stereocenters. The number of carbonyl (C=O) groups is 1. The van der Waals surface area contributed by atoms with E-state index in [4.69, 9.17) is 5.11 Å². The first-order valence-electron chi connectivity index (χ1n) is 5.80. The minimum Gasteiger partial charge on any atom is -0.478 e. The zero-order valence-corrected chi connectivity index (χ0v) is 10.7. The van der Waals surface area contributed by atoms with Crippen LogP contribution in [0.4, 0.5) is 5.69 Å². The lowest BCUT2D eigenvalue weighted by molar-refractivity contribution is 0.0697. The van der Waals surface area contributed by atoms with Gasteiger partial charge >= 0.3 is 5.97 Å². The van der Waals surface area contributed by atoms with Crippen LogP contribution < -0.4 is 5.32 Å². The third-order valence-corrected chi connectivity index (χ3v) is 4.61. The van der Waals surface area contributed by atoms with Gasteiger partial charge in [0.05, 0.1) is 5.56 Å². The Hall–Kier alpha value is -1.16. The molecular formula is C13H17NO2S. The molecule has 1 heterocycles. The molecule has 2 rings (SSSR count). The van der Waals surface area contributed by atoms with E-state index in [9.17, 15) is 4.79 Å². The zero-order chi connectivity index (χ0) is 12.3. The molecule has 1 unspecified atom stereocenters. The Kier molecular flexibility index (Phi) is 3.62. The lowest BCUT2D eigenvalue weighted by Gasteiger charge is -2.23. The van der Waals surface area contributed by atoms with Gasteiger partial charge in [-0.2, -0.15) is 11.8 Å². The van der Waals surface area contributed by atoms with Gasteiger partial charge in [0, 0.05) is 17.0 Å². The largest absolute Gasteiger partial charge is 0.478 e. The predicted octanol–water partition coefficient (Wildman–Crippen LogP) is 3.08. The molecule has 0 amide bonds. The highest BCUT2D eigenvalue weighted by atomic mass is 32.2. The number of carboxylic acids is 1. The number of hydrogen-bond acceptors (Lipinski definition) is 3. The van der Waals surface area contributed by atoms with Crippen LogP contribution in [0.5, 0.6) is 0 Å². The molecular weight excluding hydrogens is 234 g/mol. The standard InChI is InChI=1S/C13H17NO2S/c1-13(6-3-7-17-13)9-14-11-5-2-4-10(8-11)12(15)16/h2,4-5,8,14H,3,6-7,9H2,1H3,(H,15,16). The van der Waals surface area contributed by atoms with Crippen LogP contribution in [0, 0.1) is 0 Å². The monoisotopic (exact) mass is 251 g/mol. The summed E-state index contributed by atoms with van der Waals surface area (Å²) in [5.41, 5.74) is 1.22. The number of nitrogens with one attached hydrogen (secondary N) is 1. The molecule has 1 aromatic carbocycles. The minimum atomic E-state index is -0.880. The van der Waals surface area contributed by atoms with Crippen molar-refractivity contribution in [3.05, 3.63) is 29.8 Å². The van der Waals surface area contributed by atoms with Crippen LogP contribution in [0.2, 0.25) is 0 Å². The Morgan fingerprint density at radius 1 is 1.59 bits per heavy atom. The Balaban J connectivity index is 1.99. The highest BCUT2D eigenvalue weighted by Crippen LogP contribution is 2.37. The quantitative estimate of drug-likeness (QED) is 0.863. The number of anilines is 1. The Bertz CT molecular complexity index is 414. The second-order valence-electron chi connectivity index (χ2n) is 4.64. The topological polar surface area (TPSA) is 49.3 Å². The molecule has 0 spiro atoms. The van der Waals surface area contributed by atoms with Gasteiger partial charge in [-0.1, -0.05) is 6.07 Å². The number of rotatable bonds is 4. The van der Waals surface area contributed by atoms with Crippen LogP contribution in [0.15, 0.2) is 24.3 Å². The average Bonchev–Trinajstić information content (AvgIpc) is 2.75. The fourth-order valence-corrected chi connectivity index (χ4v) is 3.27. The van der Waals surface area contributed by atoms with Crippen molar-refractivity contribution in [2.45, 2.75) is 24.5 Å². The summed E-state index contributed by atoms with van der Waals surface area (Å²) in [5.74, 6) is 0.350. The van der Waals surface area contributed by atoms with E-state index in [2.05, 4.69) is 12.2 Å². The molecule has 0 bridgehead atoms. The Morgan fingerprint density at radius 3 is 3.06 bits per heavy atom. The SMILES string of the molecule is CC1(CNc2cccc(C(=O)O)c2)CCCS1. The lowest BCUT2D eigenvalue weighted by atomic mass is 10.1. The zero-order valence-electron chi connectivity index (χ0n) is 9.90. The lowest BCUT2D eigenvalue weighted by Crippen LogP contribution is -2.27. The highest BCUT2D eigenvalue weighted by Gasteiger charge is 2.28. The molecule has 2 N–H and O–H groups in total. The minimum absolute atomic E-state index is 0.291. The van der Waals surface area contributed by atoms with E-state index in [0.29, 0.717) is 10.3 Å². The van der Waals surface area contributed by atoms with E-state index >= 15 is 0 Å². The van der Waals surface area contributed by atoms with Crippen molar-refractivity contribution in [3.63, 3.8) is 0 Å². The van der Waals surface area contributed by atoms with Crippen molar-refractivity contribution in [1.82, 2.24) is 0 Å². The van der Waals surface area contributed by atoms with E-state index in [1.54, 1.807) is 18.2 Å². The number of hydrogen-bond donors (Lipinski definition) is 2. The van der Waals surface area contributed by atoms with Gasteiger partial charge in [0.1, 0.15) is 0 Å². The summed E-state index contributed by atoms with van der Waals surface area (Å²) in [4.78, 5) is 10.8. The maximum absolute atomic E-state index is 10.8. The van der Waals surface area contributed by atoms with E-state index in [1.807, 2.05) is 17.8 Å². The summed E-state index contributed by atoms with van der Waals surface area (Å²) in [7, 11) is 0. The molecule has 1 aromatic rings. The Labute approximate surface area is 106 Å². The van der Waals surface area contributed by atoms with Gasteiger partial charge in [-0.3, -0.25) is 0 Å². The van der Waals surface area contributed by atoms with Crippen molar-refractivity contribution in [3.8, 4) is 0 Å². The number of thioether (sulfide) groups is 1. The third-order valence-electron chi connectivity index (χ3n) is 3.08. The predicted molar refractivity (Wildman–Crippen MR) is 72.0 cm³/mol. The molecule has 1 saturated heterocycles. The van der Waals surface area contributed by atoms with Gasteiger partial charge in [0.25, 0.3) is 0 Å². The molecule has 1 aliphatic heterocycles. The Morgan fingerprint density at radius 2 is 2.41 bits per heavy atom. The van der Waals surface area contributed by atoms with Crippen molar-refractivity contribution < 1.29 is 9.90 Å². The number of aromatic carboxylic acids is 1. The van der Waals surface area contributed by atoms with E-state index < -0.39 is 5.97 Å². The molecule has 4 heteroatoms. The van der Waals surface area contributed by atoms with E-state index in [0.717, 1.165) is 12.2 Å². The van der Waals surface area contributed by atoms with E-state index in [1.165, 1.54) is 18.6 Å². The van der Waals surface area contributed by atoms with Crippen molar-refractivity contribution in [2.75, 3.05) is 17.6 Å². The van der Waals surface area contributed by atoms with Crippen LogP contribution in [-0.2, 0) is 0 Å². The molecule has 1 fully saturated rings. The first-order valence-corrected chi connectivity index (χ1v) is 6.79. The van der Waals surface area contributed by atoms with Gasteiger partial charge < -0.3 is 10.4 Å². The summed E-state index contributed by atoms with van der Waals surface area (Å²) in [6, 6.07) is 6.98. The molecule has 0 aliphatic carbocycles. The van der Waals surface area contributed by atoms with E-state index in [-0.39, 0.29) is 0 Å². The number of carboxylic acid groups (broad SMARTS) is 1. The highest BCUT2D eigenvalue weighted by molar-refractivity contribution is 8.00. The first-order chi connectivity index (χ1) is 8.09. The van der Waals surface area contributed by atoms with Gasteiger partial charge in [0.15, 0.2) is 0 Å². The maximum atomic E-state index is 10.8. The van der Waals surface area contributed by atoms with Gasteiger partial charge in [0.2, 0.25) is 0 Å². The third kappa shape index (κ3) is 3.16. The number of benzene rings is 1. The normalized spacial score (nSPS) is 23.6. The fraction of sp³-hybridized carbons (Fsp3) is 0.462. The molecule has 0 aromatic heterocycles. The van der Waals surface area contributed by atoms with Gasteiger partial charge in [-0.25, -0.2) is 4.79 Å². The van der Waals surface area contributed by atoms with Crippen LogP contribution in [0.1, 0.15) is 30.1 Å². The van der Waals surface area contributed by atoms with Crippen LogP contribution in [-0.4, -0.2) is 28.1 Å². The molecule has 17 heavy (non-hydrogen) atoms. The summed E-state index contributed by atoms with van der Waals surface area (Å²) >= 11 is 2.00. The summed E-state index contributed by atoms with van der Waals surface area (Å²) < 4.78 is 0.291. The second kappa shape index (κ2) is 5.00. The maximum Gasteiger partial charge on any atom is 0.335 e. The smallest absolute Gasteiger partial charge is 0.335 e. The van der Waals surface area contributed by atoms with Crippen LogP contribution in [0.25, 0.3) is 0 Å². The molecule has 0 radical (unpaired) electrons. The fourth-order valence-electron chi connectivity index (χ4n) is 2.03. The summed E-state index contributed by atoms with van der Waals surface area (Å²) in [6.07, 6.45) is 2.50. The van der Waals surface area contributed by atoms with Gasteiger partial charge in [-0.15, -0.1) is 0 Å². The molecule has 0 saturated carbocycles.